The van der Waals surface area contributed by atoms with Crippen LogP contribution in [0.2, 0.25) is 0 Å². The lowest BCUT2D eigenvalue weighted by atomic mass is 10.1. The number of carbonyl (C=O) groups excluding carboxylic acids is 1. The molecule has 1 rings (SSSR count). The summed E-state index contributed by atoms with van der Waals surface area (Å²) >= 11 is 0. The molecule has 0 saturated carbocycles. The van der Waals surface area contributed by atoms with E-state index < -0.39 is 4.92 Å². The minimum Gasteiger partial charge on any atom is -0.380 e. The molecule has 0 aliphatic heterocycles. The highest BCUT2D eigenvalue weighted by Crippen LogP contribution is 2.26. The Morgan fingerprint density at radius 3 is 2.63 bits per heavy atom. The molecule has 0 radical (unpaired) electrons. The number of nitrogens with one attached hydrogen (secondary N) is 1. The van der Waals surface area contributed by atoms with E-state index in [4.69, 9.17) is 0 Å². The predicted octanol–water partition coefficient (Wildman–Crippen LogP) is 2.51. The number of rotatable bonds is 6. The summed E-state index contributed by atoms with van der Waals surface area (Å²) in [7, 11) is 1.66. The summed E-state index contributed by atoms with van der Waals surface area (Å²) in [5.41, 5.74) is 0.712. The van der Waals surface area contributed by atoms with Crippen molar-refractivity contribution in [2.24, 2.45) is 0 Å². The van der Waals surface area contributed by atoms with Crippen molar-refractivity contribution in [2.75, 3.05) is 25.5 Å². The van der Waals surface area contributed by atoms with Gasteiger partial charge in [0.2, 0.25) is 0 Å². The van der Waals surface area contributed by atoms with Crippen LogP contribution in [0.1, 0.15) is 30.6 Å². The Bertz CT molecular complexity index is 474. The second-order valence-corrected chi connectivity index (χ2v) is 4.24. The Hall–Kier alpha value is -2.11. The number of amides is 1. The van der Waals surface area contributed by atoms with Crippen molar-refractivity contribution < 1.29 is 9.72 Å². The molecule has 0 heterocycles. The summed E-state index contributed by atoms with van der Waals surface area (Å²) in [6.07, 6.45) is 0.871. The maximum Gasteiger partial charge on any atom is 0.293 e. The Kier molecular flexibility index (Phi) is 5.29. The SMILES string of the molecule is CCCNc1ccc(C(=O)N(C)CC)cc1[N+](=O)[O-]. The summed E-state index contributed by atoms with van der Waals surface area (Å²) in [5.74, 6) is -0.215. The van der Waals surface area contributed by atoms with E-state index >= 15 is 0 Å². The van der Waals surface area contributed by atoms with E-state index in [2.05, 4.69) is 5.32 Å². The monoisotopic (exact) mass is 265 g/mol. The summed E-state index contributed by atoms with van der Waals surface area (Å²) in [6.45, 7) is 5.04. The van der Waals surface area contributed by atoms with Gasteiger partial charge in [-0.2, -0.15) is 0 Å². The lowest BCUT2D eigenvalue weighted by Crippen LogP contribution is -2.26. The fourth-order valence-electron chi connectivity index (χ4n) is 1.59. The van der Waals surface area contributed by atoms with Crippen LogP contribution in [0, 0.1) is 10.1 Å². The second kappa shape index (κ2) is 6.72. The Morgan fingerprint density at radius 1 is 1.42 bits per heavy atom. The first-order valence-corrected chi connectivity index (χ1v) is 6.29. The molecular formula is C13H19N3O3. The van der Waals surface area contributed by atoms with E-state index in [1.165, 1.54) is 11.0 Å². The number of nitrogens with zero attached hydrogens (tertiary/aromatic N) is 2. The lowest BCUT2D eigenvalue weighted by Gasteiger charge is -2.15. The van der Waals surface area contributed by atoms with Gasteiger partial charge >= 0.3 is 0 Å². The van der Waals surface area contributed by atoms with Gasteiger partial charge in [-0.25, -0.2) is 0 Å². The molecule has 0 spiro atoms. The molecule has 0 aromatic heterocycles. The molecule has 0 fully saturated rings. The second-order valence-electron chi connectivity index (χ2n) is 4.24. The van der Waals surface area contributed by atoms with Gasteiger partial charge in [0, 0.05) is 31.8 Å². The van der Waals surface area contributed by atoms with Crippen molar-refractivity contribution in [1.82, 2.24) is 4.90 Å². The van der Waals surface area contributed by atoms with E-state index in [0.717, 1.165) is 6.42 Å². The first-order valence-electron chi connectivity index (χ1n) is 6.29. The molecule has 0 saturated heterocycles. The summed E-state index contributed by atoms with van der Waals surface area (Å²) < 4.78 is 0. The molecule has 1 aromatic rings. The molecule has 0 aliphatic carbocycles. The fourth-order valence-corrected chi connectivity index (χ4v) is 1.59. The first kappa shape index (κ1) is 14.9. The molecular weight excluding hydrogens is 246 g/mol. The highest BCUT2D eigenvalue weighted by Gasteiger charge is 2.18. The van der Waals surface area contributed by atoms with Crippen molar-refractivity contribution >= 4 is 17.3 Å². The van der Waals surface area contributed by atoms with Gasteiger partial charge in [-0.15, -0.1) is 0 Å². The van der Waals surface area contributed by atoms with Crippen LogP contribution in [-0.2, 0) is 0 Å². The van der Waals surface area contributed by atoms with Crippen LogP contribution in [0.4, 0.5) is 11.4 Å². The third kappa shape index (κ3) is 3.67. The van der Waals surface area contributed by atoms with Crippen LogP contribution in [0.25, 0.3) is 0 Å². The number of hydrogen-bond acceptors (Lipinski definition) is 4. The molecule has 6 heteroatoms. The number of benzene rings is 1. The summed E-state index contributed by atoms with van der Waals surface area (Å²) in [4.78, 5) is 24.0. The van der Waals surface area contributed by atoms with Crippen molar-refractivity contribution in [1.29, 1.82) is 0 Å². The Morgan fingerprint density at radius 2 is 2.11 bits per heavy atom. The van der Waals surface area contributed by atoms with Crippen LogP contribution in [0.3, 0.4) is 0 Å². The number of hydrogen-bond donors (Lipinski definition) is 1. The van der Waals surface area contributed by atoms with Crippen LogP contribution >= 0.6 is 0 Å². The van der Waals surface area contributed by atoms with Crippen molar-refractivity contribution in [3.8, 4) is 0 Å². The standard InChI is InChI=1S/C13H19N3O3/c1-4-8-14-11-7-6-10(9-12(11)16(18)19)13(17)15(3)5-2/h6-7,9,14H,4-5,8H2,1-3H3. The van der Waals surface area contributed by atoms with Gasteiger partial charge in [0.15, 0.2) is 0 Å². The maximum atomic E-state index is 12.0. The molecule has 1 N–H and O–H groups in total. The van der Waals surface area contributed by atoms with Crippen LogP contribution in [0.15, 0.2) is 18.2 Å². The van der Waals surface area contributed by atoms with Crippen molar-refractivity contribution in [2.45, 2.75) is 20.3 Å². The predicted molar refractivity (Wildman–Crippen MR) is 74.5 cm³/mol. The van der Waals surface area contributed by atoms with Crippen molar-refractivity contribution in [3.63, 3.8) is 0 Å². The molecule has 104 valence electrons. The zero-order valence-electron chi connectivity index (χ0n) is 11.5. The topological polar surface area (TPSA) is 75.5 Å². The smallest absolute Gasteiger partial charge is 0.293 e. The average Bonchev–Trinajstić information content (AvgIpc) is 2.43. The zero-order chi connectivity index (χ0) is 14.4. The third-order valence-electron chi connectivity index (χ3n) is 2.83. The lowest BCUT2D eigenvalue weighted by molar-refractivity contribution is -0.384. The van der Waals surface area contributed by atoms with Crippen molar-refractivity contribution in [3.05, 3.63) is 33.9 Å². The van der Waals surface area contributed by atoms with E-state index in [0.29, 0.717) is 24.3 Å². The third-order valence-corrected chi connectivity index (χ3v) is 2.83. The van der Waals surface area contributed by atoms with Gasteiger partial charge in [-0.3, -0.25) is 14.9 Å². The molecule has 19 heavy (non-hydrogen) atoms. The number of carbonyl (C=O) groups is 1. The van der Waals surface area contributed by atoms with Gasteiger partial charge in [-0.05, 0) is 25.5 Å². The normalized spacial score (nSPS) is 10.1. The molecule has 1 amide bonds. The Labute approximate surface area is 112 Å². The minimum atomic E-state index is -0.472. The molecule has 0 atom stereocenters. The number of nitro groups is 1. The minimum absolute atomic E-state index is 0.0659. The zero-order valence-corrected chi connectivity index (χ0v) is 11.5. The van der Waals surface area contributed by atoms with Gasteiger partial charge in [0.25, 0.3) is 11.6 Å². The van der Waals surface area contributed by atoms with E-state index in [-0.39, 0.29) is 11.6 Å². The molecule has 0 aliphatic rings. The van der Waals surface area contributed by atoms with E-state index in [1.54, 1.807) is 19.2 Å². The van der Waals surface area contributed by atoms with Gasteiger partial charge < -0.3 is 10.2 Å². The molecule has 0 unspecified atom stereocenters. The molecule has 0 bridgehead atoms. The highest BCUT2D eigenvalue weighted by molar-refractivity contribution is 5.95. The van der Waals surface area contributed by atoms with Gasteiger partial charge in [0.05, 0.1) is 4.92 Å². The summed E-state index contributed by atoms with van der Waals surface area (Å²) in [6, 6.07) is 4.52. The Balaban J connectivity index is 3.08. The van der Waals surface area contributed by atoms with Crippen LogP contribution < -0.4 is 5.32 Å². The first-order chi connectivity index (χ1) is 9.01. The quantitative estimate of drug-likeness (QED) is 0.633. The molecule has 1 aromatic carbocycles. The van der Waals surface area contributed by atoms with E-state index in [9.17, 15) is 14.9 Å². The molecule has 6 nitrogen and oxygen atoms in total. The van der Waals surface area contributed by atoms with Crippen LogP contribution in [0.5, 0.6) is 0 Å². The highest BCUT2D eigenvalue weighted by atomic mass is 16.6. The van der Waals surface area contributed by atoms with E-state index in [1.807, 2.05) is 13.8 Å². The van der Waals surface area contributed by atoms with Crippen LogP contribution in [-0.4, -0.2) is 35.9 Å². The van der Waals surface area contributed by atoms with Gasteiger partial charge in [0.1, 0.15) is 5.69 Å². The largest absolute Gasteiger partial charge is 0.380 e. The number of anilines is 1. The average molecular weight is 265 g/mol. The maximum absolute atomic E-state index is 12.0. The number of nitro benzene ring substituents is 1. The van der Waals surface area contributed by atoms with Gasteiger partial charge in [-0.1, -0.05) is 6.92 Å². The fraction of sp³-hybridized carbons (Fsp3) is 0.462. The summed E-state index contributed by atoms with van der Waals surface area (Å²) in [5, 5.41) is 14.0.